The van der Waals surface area contributed by atoms with Gasteiger partial charge in [0.1, 0.15) is 43.2 Å². The van der Waals surface area contributed by atoms with Gasteiger partial charge in [0, 0.05) is 12.8 Å². The lowest BCUT2D eigenvalue weighted by Gasteiger charge is -2.43. The molecule has 1 aliphatic heterocycles. The number of rotatable bonds is 36. The topological polar surface area (TPSA) is 269 Å². The molecule has 0 radical (unpaired) electrons. The van der Waals surface area contributed by atoms with Gasteiger partial charge in [-0.25, -0.2) is 9.13 Å². The third kappa shape index (κ3) is 25.6. The Morgan fingerprint density at radius 3 is 1.81 bits per heavy atom. The van der Waals surface area contributed by atoms with Crippen LogP contribution in [0.2, 0.25) is 0 Å². The van der Waals surface area contributed by atoms with E-state index in [1.165, 1.54) is 19.3 Å². The molecular weight excluding hydrogens is 850 g/mol. The largest absolute Gasteiger partial charge is 0.472 e. The van der Waals surface area contributed by atoms with Crippen LogP contribution in [0, 0.1) is 0 Å². The predicted octanol–water partition coefficient (Wildman–Crippen LogP) is 6.94. The molecule has 0 aromatic heterocycles. The number of epoxide rings is 1. The second kappa shape index (κ2) is 32.0. The van der Waals surface area contributed by atoms with Crippen LogP contribution in [0.3, 0.4) is 0 Å². The van der Waals surface area contributed by atoms with Crippen molar-refractivity contribution in [2.75, 3.05) is 13.2 Å². The first-order valence-corrected chi connectivity index (χ1v) is 25.7. The highest BCUT2D eigenvalue weighted by Gasteiger charge is 2.54. The Balaban J connectivity index is 1.82. The average molecular weight is 927 g/mol. The van der Waals surface area contributed by atoms with Gasteiger partial charge < -0.3 is 49.3 Å². The third-order valence-electron chi connectivity index (χ3n) is 10.6. The van der Waals surface area contributed by atoms with E-state index >= 15 is 0 Å². The summed E-state index contributed by atoms with van der Waals surface area (Å²) in [7, 11) is -10.7. The smallest absolute Gasteiger partial charge is 0.462 e. The second-order valence-electron chi connectivity index (χ2n) is 16.1. The standard InChI is InChI=1S/C43H76O17P2/c1-3-5-7-9-11-12-13-14-15-16-17-21-25-29-36(44)55-31-33(32-56-62(53,54)60-43-40(48)38(46)39(47)42(41(43)49)59-61(50,51)52)57-37(45)30-26-22-18-20-24-28-35-34(58-35)27-23-19-10-8-6-4-2/h7,9,12-13,19,23,33-35,38-43,46-49H,3-6,8,10-11,14-18,20-22,24-32H2,1-2H3,(H,53,54)(H2,50,51,52)/b9-7-,13-12-,23-19-/t33-,34?,35?,38?,39?,40?,41?,42-,43+/m1/s1. The zero-order valence-corrected chi connectivity index (χ0v) is 38.5. The summed E-state index contributed by atoms with van der Waals surface area (Å²) in [6.45, 7) is 2.96. The first kappa shape index (κ1) is 56.3. The summed E-state index contributed by atoms with van der Waals surface area (Å²) in [6, 6.07) is 0. The molecule has 360 valence electrons. The van der Waals surface area contributed by atoms with Crippen molar-refractivity contribution in [3.05, 3.63) is 36.5 Å². The lowest BCUT2D eigenvalue weighted by Crippen LogP contribution is -2.64. The summed E-state index contributed by atoms with van der Waals surface area (Å²) in [6.07, 6.45) is 18.4. The quantitative estimate of drug-likeness (QED) is 0.0110. The van der Waals surface area contributed by atoms with Crippen LogP contribution in [-0.2, 0) is 46.5 Å². The molecule has 2 rings (SSSR count). The van der Waals surface area contributed by atoms with Gasteiger partial charge in [-0.3, -0.25) is 23.2 Å². The lowest BCUT2D eigenvalue weighted by molar-refractivity contribution is -0.216. The molecule has 0 spiro atoms. The molecule has 62 heavy (non-hydrogen) atoms. The number of esters is 2. The van der Waals surface area contributed by atoms with Gasteiger partial charge in [-0.1, -0.05) is 115 Å². The van der Waals surface area contributed by atoms with Crippen molar-refractivity contribution < 1.29 is 81.6 Å². The van der Waals surface area contributed by atoms with Crippen LogP contribution in [0.15, 0.2) is 36.5 Å². The molecule has 17 nitrogen and oxygen atoms in total. The maximum absolute atomic E-state index is 13.0. The Hall–Kier alpha value is -1.82. The summed E-state index contributed by atoms with van der Waals surface area (Å²) < 4.78 is 55.1. The van der Waals surface area contributed by atoms with Gasteiger partial charge in [0.15, 0.2) is 6.10 Å². The fourth-order valence-electron chi connectivity index (χ4n) is 6.95. The number of phosphoric ester groups is 2. The number of hydrogen-bond acceptors (Lipinski definition) is 14. The van der Waals surface area contributed by atoms with Gasteiger partial charge in [-0.15, -0.1) is 0 Å². The molecule has 7 unspecified atom stereocenters. The number of carbonyl (C=O) groups excluding carboxylic acids is 2. The van der Waals surface area contributed by atoms with Crippen LogP contribution in [0.25, 0.3) is 0 Å². The van der Waals surface area contributed by atoms with E-state index in [0.29, 0.717) is 25.0 Å². The molecule has 10 atom stereocenters. The van der Waals surface area contributed by atoms with E-state index in [1.807, 2.05) is 0 Å². The van der Waals surface area contributed by atoms with Crippen molar-refractivity contribution in [3.8, 4) is 0 Å². The molecule has 7 N–H and O–H groups in total. The van der Waals surface area contributed by atoms with E-state index in [-0.39, 0.29) is 12.8 Å². The molecule has 0 aromatic rings. The van der Waals surface area contributed by atoms with E-state index in [2.05, 4.69) is 54.8 Å². The van der Waals surface area contributed by atoms with E-state index in [4.69, 9.17) is 33.0 Å². The van der Waals surface area contributed by atoms with E-state index in [0.717, 1.165) is 96.3 Å². The van der Waals surface area contributed by atoms with E-state index in [1.54, 1.807) is 0 Å². The van der Waals surface area contributed by atoms with Crippen LogP contribution < -0.4 is 0 Å². The zero-order valence-electron chi connectivity index (χ0n) is 36.7. The maximum Gasteiger partial charge on any atom is 0.472 e. The monoisotopic (exact) mass is 926 g/mol. The first-order chi connectivity index (χ1) is 29.6. The number of unbranched alkanes of at least 4 members (excludes halogenated alkanes) is 13. The van der Waals surface area contributed by atoms with Gasteiger partial charge in [0.2, 0.25) is 0 Å². The minimum atomic E-state index is -5.37. The van der Waals surface area contributed by atoms with Crippen LogP contribution in [0.4, 0.5) is 0 Å². The summed E-state index contributed by atoms with van der Waals surface area (Å²) in [5, 5.41) is 41.2. The fraction of sp³-hybridized carbons (Fsp3) is 0.814. The SMILES string of the molecule is CCC/C=C\C/C=C\CCCCCCCC(=O)OC[C@H](COP(=O)(O)O[C@H]1C(O)C(O)C(O)[C@@H](OP(=O)(O)O)C1O)OC(=O)CCCCCCCC1OC1C/C=C\CCCCC. The number of aliphatic hydroxyl groups is 4. The predicted molar refractivity (Wildman–Crippen MR) is 231 cm³/mol. The van der Waals surface area contributed by atoms with Crippen molar-refractivity contribution in [1.29, 1.82) is 0 Å². The molecule has 1 aliphatic carbocycles. The van der Waals surface area contributed by atoms with Crippen molar-refractivity contribution in [2.24, 2.45) is 0 Å². The molecule has 0 amide bonds. The number of carbonyl (C=O) groups is 2. The van der Waals surface area contributed by atoms with Gasteiger partial charge in [0.25, 0.3) is 0 Å². The Bertz CT molecular complexity index is 1420. The Morgan fingerprint density at radius 1 is 0.597 bits per heavy atom. The van der Waals surface area contributed by atoms with Crippen molar-refractivity contribution in [2.45, 2.75) is 210 Å². The Labute approximate surface area is 368 Å². The molecule has 0 bridgehead atoms. The molecule has 2 aliphatic rings. The number of phosphoric acid groups is 2. The van der Waals surface area contributed by atoms with Crippen molar-refractivity contribution >= 4 is 27.6 Å². The van der Waals surface area contributed by atoms with Crippen LogP contribution in [0.1, 0.15) is 155 Å². The van der Waals surface area contributed by atoms with Crippen LogP contribution >= 0.6 is 15.6 Å². The molecule has 0 aromatic carbocycles. The van der Waals surface area contributed by atoms with Crippen LogP contribution in [-0.4, -0.2) is 115 Å². The number of ether oxygens (including phenoxy) is 3. The van der Waals surface area contributed by atoms with Gasteiger partial charge in [0.05, 0.1) is 18.8 Å². The lowest BCUT2D eigenvalue weighted by atomic mass is 9.85. The molecule has 1 saturated heterocycles. The highest BCUT2D eigenvalue weighted by molar-refractivity contribution is 7.47. The van der Waals surface area contributed by atoms with Gasteiger partial charge >= 0.3 is 27.6 Å². The van der Waals surface area contributed by atoms with E-state index < -0.39 is 83.5 Å². The van der Waals surface area contributed by atoms with E-state index in [9.17, 15) is 44.0 Å². The summed E-state index contributed by atoms with van der Waals surface area (Å²) in [5.74, 6) is -1.25. The molecule has 1 saturated carbocycles. The maximum atomic E-state index is 13.0. The van der Waals surface area contributed by atoms with Crippen molar-refractivity contribution in [1.82, 2.24) is 0 Å². The molecular formula is C43H76O17P2. The molecule has 2 fully saturated rings. The van der Waals surface area contributed by atoms with Gasteiger partial charge in [-0.2, -0.15) is 0 Å². The zero-order chi connectivity index (χ0) is 45.8. The summed E-state index contributed by atoms with van der Waals surface area (Å²) in [4.78, 5) is 54.2. The minimum Gasteiger partial charge on any atom is -0.462 e. The first-order valence-electron chi connectivity index (χ1n) is 22.7. The average Bonchev–Trinajstić information content (AvgIpc) is 3.98. The number of allylic oxidation sites excluding steroid dienone is 5. The summed E-state index contributed by atoms with van der Waals surface area (Å²) >= 11 is 0. The third-order valence-corrected chi connectivity index (χ3v) is 12.1. The van der Waals surface area contributed by atoms with Crippen LogP contribution in [0.5, 0.6) is 0 Å². The second-order valence-corrected chi connectivity index (χ2v) is 18.7. The normalized spacial score (nSPS) is 25.7. The highest BCUT2D eigenvalue weighted by atomic mass is 31.2. The van der Waals surface area contributed by atoms with Gasteiger partial charge in [-0.05, 0) is 64.2 Å². The fourth-order valence-corrected chi connectivity index (χ4v) is 8.49. The Kier molecular flexibility index (Phi) is 29.0. The summed E-state index contributed by atoms with van der Waals surface area (Å²) in [5.41, 5.74) is 0. The van der Waals surface area contributed by atoms with Crippen molar-refractivity contribution in [3.63, 3.8) is 0 Å². The molecule has 1 heterocycles. The Morgan fingerprint density at radius 2 is 1.16 bits per heavy atom. The number of aliphatic hydroxyl groups excluding tert-OH is 4. The minimum absolute atomic E-state index is 0.0174. The number of hydrogen-bond donors (Lipinski definition) is 7. The molecule has 19 heteroatoms. The highest BCUT2D eigenvalue weighted by Crippen LogP contribution is 2.49.